The van der Waals surface area contributed by atoms with Crippen LogP contribution in [0, 0.1) is 18.8 Å². The Morgan fingerprint density at radius 1 is 1.35 bits per heavy atom. The highest BCUT2D eigenvalue weighted by molar-refractivity contribution is 9.10. The van der Waals surface area contributed by atoms with Crippen molar-refractivity contribution in [1.29, 1.82) is 0 Å². The molecule has 0 heterocycles. The minimum atomic E-state index is -3.47. The van der Waals surface area contributed by atoms with Crippen molar-refractivity contribution in [2.45, 2.75) is 31.1 Å². The molecule has 0 spiro atoms. The van der Waals surface area contributed by atoms with Crippen LogP contribution in [0.2, 0.25) is 0 Å². The van der Waals surface area contributed by atoms with Gasteiger partial charge in [-0.1, -0.05) is 22.4 Å². The van der Waals surface area contributed by atoms with Gasteiger partial charge in [0.2, 0.25) is 10.0 Å². The van der Waals surface area contributed by atoms with Crippen LogP contribution < -0.4 is 4.72 Å². The van der Waals surface area contributed by atoms with Gasteiger partial charge in [0.05, 0.1) is 4.90 Å². The molecule has 2 N–H and O–H groups in total. The van der Waals surface area contributed by atoms with Gasteiger partial charge in [0.15, 0.2) is 0 Å². The van der Waals surface area contributed by atoms with Crippen molar-refractivity contribution in [3.8, 4) is 0 Å². The summed E-state index contributed by atoms with van der Waals surface area (Å²) in [7, 11) is -3.47. The van der Waals surface area contributed by atoms with Gasteiger partial charge in [-0.05, 0) is 55.4 Å². The summed E-state index contributed by atoms with van der Waals surface area (Å²) in [5.41, 5.74) is 0.891. The molecule has 0 aliphatic heterocycles. The summed E-state index contributed by atoms with van der Waals surface area (Å²) in [5, 5.41) is 9.27. The third kappa shape index (κ3) is 3.61. The largest absolute Gasteiger partial charge is 0.396 e. The predicted octanol–water partition coefficient (Wildman–Crippen LogP) is 2.44. The standard InChI is InChI=1S/C14H20BrNO3S/c1-10-7-13(5-6-14(10)15)20(18,19)16-8-11-3-2-4-12(11)9-17/h5-7,11-12,16-17H,2-4,8-9H2,1H3. The van der Waals surface area contributed by atoms with Crippen LogP contribution in [0.3, 0.4) is 0 Å². The first-order valence-corrected chi connectivity index (χ1v) is 9.08. The highest BCUT2D eigenvalue weighted by Crippen LogP contribution is 2.31. The highest BCUT2D eigenvalue weighted by atomic mass is 79.9. The van der Waals surface area contributed by atoms with Gasteiger partial charge < -0.3 is 5.11 Å². The Balaban J connectivity index is 2.05. The van der Waals surface area contributed by atoms with Gasteiger partial charge >= 0.3 is 0 Å². The van der Waals surface area contributed by atoms with Gasteiger partial charge in [0, 0.05) is 17.6 Å². The zero-order valence-electron chi connectivity index (χ0n) is 11.5. The Bertz CT molecular complexity index is 574. The Morgan fingerprint density at radius 3 is 2.70 bits per heavy atom. The van der Waals surface area contributed by atoms with Gasteiger partial charge in [0.1, 0.15) is 0 Å². The maximum absolute atomic E-state index is 12.3. The second-order valence-electron chi connectivity index (χ2n) is 5.40. The first-order valence-electron chi connectivity index (χ1n) is 6.80. The van der Waals surface area contributed by atoms with E-state index in [1.165, 1.54) is 0 Å². The number of rotatable bonds is 5. The molecule has 1 fully saturated rings. The molecule has 0 amide bonds. The van der Waals surface area contributed by atoms with Crippen molar-refractivity contribution in [3.05, 3.63) is 28.2 Å². The fraction of sp³-hybridized carbons (Fsp3) is 0.571. The molecule has 0 bridgehead atoms. The van der Waals surface area contributed by atoms with E-state index in [9.17, 15) is 13.5 Å². The Labute approximate surface area is 128 Å². The fourth-order valence-electron chi connectivity index (χ4n) is 2.71. The zero-order valence-corrected chi connectivity index (χ0v) is 13.9. The molecule has 2 unspecified atom stereocenters. The van der Waals surface area contributed by atoms with E-state index < -0.39 is 10.0 Å². The van der Waals surface area contributed by atoms with Crippen molar-refractivity contribution in [2.24, 2.45) is 11.8 Å². The Kier molecular flexibility index (Phi) is 5.23. The smallest absolute Gasteiger partial charge is 0.240 e. The molecule has 1 aliphatic rings. The molecular formula is C14H20BrNO3S. The first-order chi connectivity index (χ1) is 9.44. The maximum atomic E-state index is 12.3. The SMILES string of the molecule is Cc1cc(S(=O)(=O)NCC2CCCC2CO)ccc1Br. The number of sulfonamides is 1. The molecule has 1 saturated carbocycles. The molecule has 0 saturated heterocycles. The highest BCUT2D eigenvalue weighted by Gasteiger charge is 2.28. The zero-order chi connectivity index (χ0) is 14.8. The van der Waals surface area contributed by atoms with Gasteiger partial charge in [-0.25, -0.2) is 13.1 Å². The predicted molar refractivity (Wildman–Crippen MR) is 82.0 cm³/mol. The van der Waals surface area contributed by atoms with E-state index in [1.54, 1.807) is 18.2 Å². The lowest BCUT2D eigenvalue weighted by Gasteiger charge is -2.18. The summed E-state index contributed by atoms with van der Waals surface area (Å²) in [5.74, 6) is 0.468. The number of benzene rings is 1. The second kappa shape index (κ2) is 6.56. The maximum Gasteiger partial charge on any atom is 0.240 e. The molecule has 0 radical (unpaired) electrons. The first kappa shape index (κ1) is 15.9. The molecule has 6 heteroatoms. The average molecular weight is 362 g/mol. The summed E-state index contributed by atoms with van der Waals surface area (Å²) in [4.78, 5) is 0.289. The number of aliphatic hydroxyl groups is 1. The van der Waals surface area contributed by atoms with Gasteiger partial charge in [-0.3, -0.25) is 0 Å². The van der Waals surface area contributed by atoms with Crippen molar-refractivity contribution < 1.29 is 13.5 Å². The average Bonchev–Trinajstić information content (AvgIpc) is 2.87. The van der Waals surface area contributed by atoms with Crippen molar-refractivity contribution in [2.75, 3.05) is 13.2 Å². The van der Waals surface area contributed by atoms with Gasteiger partial charge in [0.25, 0.3) is 0 Å². The number of aryl methyl sites for hydroxylation is 1. The summed E-state index contributed by atoms with van der Waals surface area (Å²) in [6.45, 7) is 2.41. The molecule has 2 atom stereocenters. The third-order valence-electron chi connectivity index (χ3n) is 4.03. The molecule has 2 rings (SSSR count). The van der Waals surface area contributed by atoms with E-state index in [-0.39, 0.29) is 23.3 Å². The minimum Gasteiger partial charge on any atom is -0.396 e. The molecular weight excluding hydrogens is 342 g/mol. The molecule has 20 heavy (non-hydrogen) atoms. The molecule has 4 nitrogen and oxygen atoms in total. The quantitative estimate of drug-likeness (QED) is 0.846. The van der Waals surface area contributed by atoms with Crippen LogP contribution in [0.4, 0.5) is 0 Å². The Morgan fingerprint density at radius 2 is 2.05 bits per heavy atom. The van der Waals surface area contributed by atoms with Gasteiger partial charge in [-0.15, -0.1) is 0 Å². The monoisotopic (exact) mass is 361 g/mol. The van der Waals surface area contributed by atoms with E-state index in [1.807, 2.05) is 6.92 Å². The third-order valence-corrected chi connectivity index (χ3v) is 6.34. The normalized spacial score (nSPS) is 23.1. The van der Waals surface area contributed by atoms with Crippen molar-refractivity contribution in [3.63, 3.8) is 0 Å². The van der Waals surface area contributed by atoms with Crippen LogP contribution in [0.25, 0.3) is 0 Å². The number of nitrogens with one attached hydrogen (secondary N) is 1. The van der Waals surface area contributed by atoms with Crippen LogP contribution in [-0.2, 0) is 10.0 Å². The number of aliphatic hydroxyl groups excluding tert-OH is 1. The molecule has 112 valence electrons. The lowest BCUT2D eigenvalue weighted by atomic mass is 9.97. The van der Waals surface area contributed by atoms with Gasteiger partial charge in [-0.2, -0.15) is 0 Å². The molecule has 1 aromatic rings. The van der Waals surface area contributed by atoms with Crippen LogP contribution >= 0.6 is 15.9 Å². The van der Waals surface area contributed by atoms with E-state index in [0.29, 0.717) is 6.54 Å². The summed E-state index contributed by atoms with van der Waals surface area (Å²) in [6.07, 6.45) is 3.03. The summed E-state index contributed by atoms with van der Waals surface area (Å²) >= 11 is 3.36. The molecule has 1 aromatic carbocycles. The topological polar surface area (TPSA) is 66.4 Å². The number of hydrogen-bond donors (Lipinski definition) is 2. The molecule has 1 aliphatic carbocycles. The van der Waals surface area contributed by atoms with E-state index in [0.717, 1.165) is 29.3 Å². The minimum absolute atomic E-state index is 0.143. The van der Waals surface area contributed by atoms with E-state index in [4.69, 9.17) is 0 Å². The van der Waals surface area contributed by atoms with Crippen molar-refractivity contribution in [1.82, 2.24) is 4.72 Å². The Hall–Kier alpha value is -0.430. The summed E-state index contributed by atoms with van der Waals surface area (Å²) < 4.78 is 28.1. The van der Waals surface area contributed by atoms with Crippen LogP contribution in [0.5, 0.6) is 0 Å². The lowest BCUT2D eigenvalue weighted by Crippen LogP contribution is -2.31. The van der Waals surface area contributed by atoms with Crippen LogP contribution in [-0.4, -0.2) is 26.7 Å². The van der Waals surface area contributed by atoms with Crippen LogP contribution in [0.1, 0.15) is 24.8 Å². The second-order valence-corrected chi connectivity index (χ2v) is 8.02. The number of halogens is 1. The fourth-order valence-corrected chi connectivity index (χ4v) is 4.13. The molecule has 0 aromatic heterocycles. The van der Waals surface area contributed by atoms with E-state index in [2.05, 4.69) is 20.7 Å². The van der Waals surface area contributed by atoms with Crippen LogP contribution in [0.15, 0.2) is 27.6 Å². The van der Waals surface area contributed by atoms with Crippen molar-refractivity contribution >= 4 is 26.0 Å². The van der Waals surface area contributed by atoms with E-state index >= 15 is 0 Å². The number of hydrogen-bond acceptors (Lipinski definition) is 3. The summed E-state index contributed by atoms with van der Waals surface area (Å²) in [6, 6.07) is 5.00. The lowest BCUT2D eigenvalue weighted by molar-refractivity contribution is 0.195.